The molecule has 1 aromatic carbocycles. The molecular formula is C18H18ClN3O. The van der Waals surface area contributed by atoms with E-state index in [2.05, 4.69) is 5.32 Å². The van der Waals surface area contributed by atoms with Crippen molar-refractivity contribution in [2.24, 2.45) is 7.05 Å². The summed E-state index contributed by atoms with van der Waals surface area (Å²) in [5.41, 5.74) is 4.47. The normalized spacial score (nSPS) is 11.2. The molecule has 1 N–H and O–H groups in total. The second kappa shape index (κ2) is 6.72. The third-order valence-corrected chi connectivity index (χ3v) is 4.16. The molecule has 118 valence electrons. The minimum atomic E-state index is -0.446. The molecule has 23 heavy (non-hydrogen) atoms. The number of anilines is 1. The van der Waals surface area contributed by atoms with Crippen LogP contribution in [-0.2, 0) is 11.8 Å². The monoisotopic (exact) mass is 327 g/mol. The zero-order valence-electron chi connectivity index (χ0n) is 13.6. The van der Waals surface area contributed by atoms with Gasteiger partial charge in [-0.25, -0.2) is 0 Å². The highest BCUT2D eigenvalue weighted by Crippen LogP contribution is 2.22. The van der Waals surface area contributed by atoms with E-state index in [0.717, 1.165) is 22.5 Å². The summed E-state index contributed by atoms with van der Waals surface area (Å²) < 4.78 is 2.01. The number of nitrogens with one attached hydrogen (secondary N) is 1. The third kappa shape index (κ3) is 3.64. The second-order valence-electron chi connectivity index (χ2n) is 5.47. The van der Waals surface area contributed by atoms with Gasteiger partial charge in [0.1, 0.15) is 11.6 Å². The number of hydrogen-bond donors (Lipinski definition) is 1. The van der Waals surface area contributed by atoms with Gasteiger partial charge in [-0.1, -0.05) is 17.7 Å². The Hall–Kier alpha value is -2.51. The zero-order chi connectivity index (χ0) is 17.1. The topological polar surface area (TPSA) is 57.8 Å². The van der Waals surface area contributed by atoms with Crippen LogP contribution < -0.4 is 5.32 Å². The number of carbonyl (C=O) groups excluding carboxylic acids is 1. The van der Waals surface area contributed by atoms with Crippen molar-refractivity contribution in [1.29, 1.82) is 5.26 Å². The van der Waals surface area contributed by atoms with Crippen LogP contribution in [0.2, 0.25) is 5.02 Å². The van der Waals surface area contributed by atoms with E-state index in [0.29, 0.717) is 10.7 Å². The fourth-order valence-electron chi connectivity index (χ4n) is 2.25. The molecule has 0 saturated carbocycles. The van der Waals surface area contributed by atoms with E-state index in [1.807, 2.05) is 50.6 Å². The first kappa shape index (κ1) is 16.9. The average molecular weight is 328 g/mol. The number of amides is 1. The number of aryl methyl sites for hydroxylation is 2. The molecule has 0 atom stereocenters. The number of halogens is 1. The molecule has 0 spiro atoms. The molecule has 0 unspecified atom stereocenters. The van der Waals surface area contributed by atoms with Crippen molar-refractivity contribution in [2.75, 3.05) is 5.32 Å². The fraction of sp³-hybridized carbons (Fsp3) is 0.222. The van der Waals surface area contributed by atoms with E-state index in [-0.39, 0.29) is 5.57 Å². The molecule has 1 amide bonds. The maximum atomic E-state index is 12.4. The molecule has 2 rings (SSSR count). The molecule has 0 aliphatic carbocycles. The average Bonchev–Trinajstić information content (AvgIpc) is 2.75. The molecule has 1 aromatic heterocycles. The first-order valence-corrected chi connectivity index (χ1v) is 7.53. The SMILES string of the molecule is Cc1ccc(Cl)cc1NC(=O)/C(C#N)=C\c1cc(C)n(C)c1C. The molecule has 5 heteroatoms. The lowest BCUT2D eigenvalue weighted by Gasteiger charge is -2.08. The van der Waals surface area contributed by atoms with Crippen molar-refractivity contribution in [1.82, 2.24) is 4.57 Å². The van der Waals surface area contributed by atoms with Gasteiger partial charge in [0.25, 0.3) is 5.91 Å². The van der Waals surface area contributed by atoms with E-state index < -0.39 is 5.91 Å². The van der Waals surface area contributed by atoms with Gasteiger partial charge >= 0.3 is 0 Å². The highest BCUT2D eigenvalue weighted by atomic mass is 35.5. The molecule has 1 heterocycles. The number of benzene rings is 1. The van der Waals surface area contributed by atoms with E-state index in [1.165, 1.54) is 0 Å². The second-order valence-corrected chi connectivity index (χ2v) is 5.91. The number of hydrogen-bond acceptors (Lipinski definition) is 2. The number of aromatic nitrogens is 1. The van der Waals surface area contributed by atoms with Crippen LogP contribution >= 0.6 is 11.6 Å². The Morgan fingerprint density at radius 1 is 1.30 bits per heavy atom. The van der Waals surface area contributed by atoms with Gasteiger partial charge in [0, 0.05) is 29.1 Å². The summed E-state index contributed by atoms with van der Waals surface area (Å²) in [6.07, 6.45) is 1.61. The Balaban J connectivity index is 2.32. The first-order valence-electron chi connectivity index (χ1n) is 7.15. The van der Waals surface area contributed by atoms with Crippen molar-refractivity contribution in [2.45, 2.75) is 20.8 Å². The summed E-state index contributed by atoms with van der Waals surface area (Å²) in [5.74, 6) is -0.446. The summed E-state index contributed by atoms with van der Waals surface area (Å²) >= 11 is 5.95. The molecule has 0 bridgehead atoms. The van der Waals surface area contributed by atoms with Crippen LogP contribution in [0.25, 0.3) is 6.08 Å². The first-order chi connectivity index (χ1) is 10.8. The maximum Gasteiger partial charge on any atom is 0.266 e. The molecule has 0 saturated heterocycles. The van der Waals surface area contributed by atoms with Crippen LogP contribution in [0.4, 0.5) is 5.69 Å². The van der Waals surface area contributed by atoms with Crippen molar-refractivity contribution in [3.8, 4) is 6.07 Å². The smallest absolute Gasteiger partial charge is 0.266 e. The van der Waals surface area contributed by atoms with Gasteiger partial charge in [0.2, 0.25) is 0 Å². The van der Waals surface area contributed by atoms with Crippen LogP contribution in [0.15, 0.2) is 29.8 Å². The Morgan fingerprint density at radius 3 is 2.57 bits per heavy atom. The Kier molecular flexibility index (Phi) is 4.92. The number of nitrogens with zero attached hydrogens (tertiary/aromatic N) is 2. The summed E-state index contributed by atoms with van der Waals surface area (Å²) in [4.78, 5) is 12.4. The zero-order valence-corrected chi connectivity index (χ0v) is 14.3. The quantitative estimate of drug-likeness (QED) is 0.680. The Morgan fingerprint density at radius 2 is 2.00 bits per heavy atom. The van der Waals surface area contributed by atoms with Crippen molar-refractivity contribution < 1.29 is 4.79 Å². The summed E-state index contributed by atoms with van der Waals surface area (Å²) in [5, 5.41) is 12.6. The molecule has 4 nitrogen and oxygen atoms in total. The molecule has 0 aliphatic rings. The highest BCUT2D eigenvalue weighted by Gasteiger charge is 2.13. The lowest BCUT2D eigenvalue weighted by atomic mass is 10.1. The van der Waals surface area contributed by atoms with E-state index in [4.69, 9.17) is 11.6 Å². The third-order valence-electron chi connectivity index (χ3n) is 3.93. The standard InChI is InChI=1S/C18H18ClN3O/c1-11-5-6-16(19)9-17(11)21-18(23)15(10-20)8-14-7-12(2)22(4)13(14)3/h5-9H,1-4H3,(H,21,23)/b15-8-. The van der Waals surface area contributed by atoms with Crippen molar-refractivity contribution in [3.05, 3.63) is 57.4 Å². The van der Waals surface area contributed by atoms with Gasteiger partial charge in [-0.3, -0.25) is 4.79 Å². The van der Waals surface area contributed by atoms with Crippen molar-refractivity contribution in [3.63, 3.8) is 0 Å². The minimum absolute atomic E-state index is 0.0538. The summed E-state index contributed by atoms with van der Waals surface area (Å²) in [6, 6.07) is 9.16. The fourth-order valence-corrected chi connectivity index (χ4v) is 2.43. The van der Waals surface area contributed by atoms with E-state index in [1.54, 1.807) is 18.2 Å². The van der Waals surface area contributed by atoms with Crippen LogP contribution in [-0.4, -0.2) is 10.5 Å². The van der Waals surface area contributed by atoms with Crippen LogP contribution in [0.3, 0.4) is 0 Å². The van der Waals surface area contributed by atoms with Crippen LogP contribution in [0, 0.1) is 32.1 Å². The van der Waals surface area contributed by atoms with Crippen LogP contribution in [0.1, 0.15) is 22.5 Å². The largest absolute Gasteiger partial charge is 0.352 e. The minimum Gasteiger partial charge on any atom is -0.352 e. The maximum absolute atomic E-state index is 12.4. The van der Waals surface area contributed by atoms with Gasteiger partial charge in [-0.15, -0.1) is 0 Å². The van der Waals surface area contributed by atoms with Gasteiger partial charge < -0.3 is 9.88 Å². The lowest BCUT2D eigenvalue weighted by molar-refractivity contribution is -0.112. The Bertz CT molecular complexity index is 841. The van der Waals surface area contributed by atoms with E-state index >= 15 is 0 Å². The van der Waals surface area contributed by atoms with Crippen LogP contribution in [0.5, 0.6) is 0 Å². The summed E-state index contributed by atoms with van der Waals surface area (Å²) in [7, 11) is 1.95. The van der Waals surface area contributed by atoms with Gasteiger partial charge in [0.15, 0.2) is 0 Å². The number of rotatable bonds is 3. The van der Waals surface area contributed by atoms with Gasteiger partial charge in [-0.2, -0.15) is 5.26 Å². The molecule has 2 aromatic rings. The van der Waals surface area contributed by atoms with Crippen molar-refractivity contribution >= 4 is 29.3 Å². The summed E-state index contributed by atoms with van der Waals surface area (Å²) in [6.45, 7) is 5.80. The molecular weight excluding hydrogens is 310 g/mol. The van der Waals surface area contributed by atoms with Gasteiger partial charge in [-0.05, 0) is 56.2 Å². The predicted molar refractivity (Wildman–Crippen MR) is 93.3 cm³/mol. The Labute approximate surface area is 141 Å². The molecule has 0 radical (unpaired) electrons. The molecule has 0 fully saturated rings. The lowest BCUT2D eigenvalue weighted by Crippen LogP contribution is -2.14. The molecule has 0 aliphatic heterocycles. The van der Waals surface area contributed by atoms with E-state index in [9.17, 15) is 10.1 Å². The predicted octanol–water partition coefficient (Wildman–Crippen LogP) is 4.15. The number of nitriles is 1. The number of carbonyl (C=O) groups is 1. The van der Waals surface area contributed by atoms with Gasteiger partial charge in [0.05, 0.1) is 0 Å². The highest BCUT2D eigenvalue weighted by molar-refractivity contribution is 6.31.